The molecule has 1 N–H and O–H groups in total. The van der Waals surface area contributed by atoms with Crippen molar-refractivity contribution in [1.29, 1.82) is 0 Å². The molecule has 0 saturated carbocycles. The number of pyridine rings is 1. The van der Waals surface area contributed by atoms with Crippen molar-refractivity contribution in [1.82, 2.24) is 9.38 Å². The van der Waals surface area contributed by atoms with Gasteiger partial charge in [-0.3, -0.25) is 4.79 Å². The summed E-state index contributed by atoms with van der Waals surface area (Å²) < 4.78 is 1.85. The zero-order valence-corrected chi connectivity index (χ0v) is 7.19. The van der Waals surface area contributed by atoms with Crippen molar-refractivity contribution in [3.8, 4) is 0 Å². The number of anilines is 1. The maximum absolute atomic E-state index is 10.8. The smallest absolute Gasteiger partial charge is 0.221 e. The van der Waals surface area contributed by atoms with E-state index >= 15 is 0 Å². The molecular formula is C9H9N3O. The second-order valence-electron chi connectivity index (χ2n) is 2.79. The van der Waals surface area contributed by atoms with Gasteiger partial charge in [-0.2, -0.15) is 0 Å². The highest BCUT2D eigenvalue weighted by Crippen LogP contribution is 2.08. The fraction of sp³-hybridized carbons (Fsp3) is 0.111. The van der Waals surface area contributed by atoms with Crippen LogP contribution in [0.1, 0.15) is 6.92 Å². The first-order chi connectivity index (χ1) is 6.25. The molecule has 2 heterocycles. The van der Waals surface area contributed by atoms with Crippen molar-refractivity contribution in [3.05, 3.63) is 30.7 Å². The summed E-state index contributed by atoms with van der Waals surface area (Å²) in [7, 11) is 0. The van der Waals surface area contributed by atoms with Crippen LogP contribution in [0.15, 0.2) is 30.7 Å². The second-order valence-corrected chi connectivity index (χ2v) is 2.79. The van der Waals surface area contributed by atoms with E-state index in [-0.39, 0.29) is 5.91 Å². The van der Waals surface area contributed by atoms with Crippen LogP contribution in [-0.2, 0) is 4.79 Å². The van der Waals surface area contributed by atoms with Crippen LogP contribution in [0.25, 0.3) is 5.65 Å². The zero-order valence-electron chi connectivity index (χ0n) is 7.19. The minimum Gasteiger partial charge on any atom is -0.325 e. The number of nitrogens with zero attached hydrogens (tertiary/aromatic N) is 2. The Morgan fingerprint density at radius 3 is 3.15 bits per heavy atom. The normalized spacial score (nSPS) is 10.2. The minimum atomic E-state index is -0.0699. The SMILES string of the molecule is CC(=O)Nc1ccc2nccn2c1. The lowest BCUT2D eigenvalue weighted by molar-refractivity contribution is -0.114. The molecule has 0 saturated heterocycles. The van der Waals surface area contributed by atoms with Crippen molar-refractivity contribution < 1.29 is 4.79 Å². The average molecular weight is 175 g/mol. The van der Waals surface area contributed by atoms with Crippen molar-refractivity contribution in [2.45, 2.75) is 6.92 Å². The molecule has 0 bridgehead atoms. The number of carbonyl (C=O) groups is 1. The van der Waals surface area contributed by atoms with Crippen LogP contribution in [0.5, 0.6) is 0 Å². The van der Waals surface area contributed by atoms with Gasteiger partial charge in [0.25, 0.3) is 0 Å². The summed E-state index contributed by atoms with van der Waals surface area (Å²) in [4.78, 5) is 14.8. The van der Waals surface area contributed by atoms with Crippen molar-refractivity contribution in [2.75, 3.05) is 5.32 Å². The molecule has 0 aliphatic carbocycles. The Bertz CT molecular complexity index is 447. The Morgan fingerprint density at radius 1 is 1.54 bits per heavy atom. The summed E-state index contributed by atoms with van der Waals surface area (Å²) in [5, 5.41) is 2.70. The van der Waals surface area contributed by atoms with E-state index in [4.69, 9.17) is 0 Å². The van der Waals surface area contributed by atoms with E-state index < -0.39 is 0 Å². The van der Waals surface area contributed by atoms with Gasteiger partial charge in [-0.25, -0.2) is 4.98 Å². The molecule has 2 rings (SSSR count). The number of imidazole rings is 1. The van der Waals surface area contributed by atoms with Gasteiger partial charge < -0.3 is 9.72 Å². The summed E-state index contributed by atoms with van der Waals surface area (Å²) in [5.41, 5.74) is 1.65. The molecule has 2 aromatic heterocycles. The van der Waals surface area contributed by atoms with E-state index in [0.29, 0.717) is 0 Å². The largest absolute Gasteiger partial charge is 0.325 e. The molecular weight excluding hydrogens is 166 g/mol. The van der Waals surface area contributed by atoms with Crippen LogP contribution < -0.4 is 5.32 Å². The molecule has 4 nitrogen and oxygen atoms in total. The lowest BCUT2D eigenvalue weighted by Crippen LogP contribution is -2.06. The Hall–Kier alpha value is -1.84. The monoisotopic (exact) mass is 175 g/mol. The van der Waals surface area contributed by atoms with Gasteiger partial charge in [0.05, 0.1) is 5.69 Å². The van der Waals surface area contributed by atoms with E-state index in [1.807, 2.05) is 28.9 Å². The van der Waals surface area contributed by atoms with Crippen LogP contribution in [0.2, 0.25) is 0 Å². The van der Waals surface area contributed by atoms with Gasteiger partial charge in [0.15, 0.2) is 0 Å². The van der Waals surface area contributed by atoms with E-state index in [1.54, 1.807) is 6.20 Å². The first kappa shape index (κ1) is 7.79. The van der Waals surface area contributed by atoms with Gasteiger partial charge in [0, 0.05) is 25.5 Å². The molecule has 66 valence electrons. The fourth-order valence-electron chi connectivity index (χ4n) is 1.20. The van der Waals surface area contributed by atoms with Crippen LogP contribution in [0, 0.1) is 0 Å². The standard InChI is InChI=1S/C9H9N3O/c1-7(13)11-8-2-3-9-10-4-5-12(9)6-8/h2-6H,1H3,(H,11,13). The maximum Gasteiger partial charge on any atom is 0.221 e. The molecule has 2 aromatic rings. The van der Waals surface area contributed by atoms with E-state index in [1.165, 1.54) is 6.92 Å². The number of nitrogens with one attached hydrogen (secondary N) is 1. The molecule has 0 spiro atoms. The predicted octanol–water partition coefficient (Wildman–Crippen LogP) is 1.29. The molecule has 0 aliphatic rings. The van der Waals surface area contributed by atoms with Crippen LogP contribution in [0.4, 0.5) is 5.69 Å². The maximum atomic E-state index is 10.8. The number of carbonyl (C=O) groups excluding carboxylic acids is 1. The molecule has 0 radical (unpaired) electrons. The third-order valence-electron chi connectivity index (χ3n) is 1.71. The highest BCUT2D eigenvalue weighted by Gasteiger charge is 1.97. The van der Waals surface area contributed by atoms with Gasteiger partial charge in [-0.15, -0.1) is 0 Å². The lowest BCUT2D eigenvalue weighted by Gasteiger charge is -2.01. The zero-order chi connectivity index (χ0) is 9.26. The van der Waals surface area contributed by atoms with Crippen molar-refractivity contribution in [2.24, 2.45) is 0 Å². The Kier molecular flexibility index (Phi) is 1.73. The second kappa shape index (κ2) is 2.90. The molecule has 0 atom stereocenters. The molecule has 0 fully saturated rings. The molecule has 0 unspecified atom stereocenters. The Morgan fingerprint density at radius 2 is 2.38 bits per heavy atom. The highest BCUT2D eigenvalue weighted by atomic mass is 16.1. The average Bonchev–Trinajstić information content (AvgIpc) is 2.49. The third kappa shape index (κ3) is 1.51. The summed E-state index contributed by atoms with van der Waals surface area (Å²) >= 11 is 0. The lowest BCUT2D eigenvalue weighted by atomic mass is 10.4. The first-order valence-corrected chi connectivity index (χ1v) is 3.96. The number of aromatic nitrogens is 2. The molecule has 1 amide bonds. The summed E-state index contributed by atoms with van der Waals surface area (Å²) in [6.07, 6.45) is 5.37. The van der Waals surface area contributed by atoms with Crippen molar-refractivity contribution in [3.63, 3.8) is 0 Å². The number of rotatable bonds is 1. The fourth-order valence-corrected chi connectivity index (χ4v) is 1.20. The highest BCUT2D eigenvalue weighted by molar-refractivity contribution is 5.88. The van der Waals surface area contributed by atoms with E-state index in [9.17, 15) is 4.79 Å². The Labute approximate surface area is 75.2 Å². The Balaban J connectivity index is 2.42. The first-order valence-electron chi connectivity index (χ1n) is 3.96. The molecule has 0 aromatic carbocycles. The van der Waals surface area contributed by atoms with Gasteiger partial charge in [0.1, 0.15) is 5.65 Å². The third-order valence-corrected chi connectivity index (χ3v) is 1.71. The van der Waals surface area contributed by atoms with Crippen LogP contribution in [0.3, 0.4) is 0 Å². The van der Waals surface area contributed by atoms with Gasteiger partial charge in [0.2, 0.25) is 5.91 Å². The van der Waals surface area contributed by atoms with Crippen LogP contribution in [-0.4, -0.2) is 15.3 Å². The molecule has 0 aliphatic heterocycles. The minimum absolute atomic E-state index is 0.0699. The number of amides is 1. The predicted molar refractivity (Wildman–Crippen MR) is 49.5 cm³/mol. The van der Waals surface area contributed by atoms with Gasteiger partial charge >= 0.3 is 0 Å². The summed E-state index contributed by atoms with van der Waals surface area (Å²) in [5.74, 6) is -0.0699. The van der Waals surface area contributed by atoms with Gasteiger partial charge in [-0.1, -0.05) is 0 Å². The van der Waals surface area contributed by atoms with Crippen LogP contribution >= 0.6 is 0 Å². The quantitative estimate of drug-likeness (QED) is 0.709. The molecule has 13 heavy (non-hydrogen) atoms. The van der Waals surface area contributed by atoms with E-state index in [2.05, 4.69) is 10.3 Å². The molecule has 4 heteroatoms. The summed E-state index contributed by atoms with van der Waals surface area (Å²) in [6.45, 7) is 1.48. The summed E-state index contributed by atoms with van der Waals surface area (Å²) in [6, 6.07) is 3.68. The van der Waals surface area contributed by atoms with Crippen molar-refractivity contribution >= 4 is 17.2 Å². The number of hydrogen-bond donors (Lipinski definition) is 1. The number of fused-ring (bicyclic) bond motifs is 1. The van der Waals surface area contributed by atoms with E-state index in [0.717, 1.165) is 11.3 Å². The number of hydrogen-bond acceptors (Lipinski definition) is 2. The topological polar surface area (TPSA) is 46.4 Å². The van der Waals surface area contributed by atoms with Gasteiger partial charge in [-0.05, 0) is 12.1 Å².